The molecule has 2 aliphatic rings. The van der Waals surface area contributed by atoms with Crippen molar-refractivity contribution in [1.82, 2.24) is 9.62 Å². The molecule has 176 valence electrons. The van der Waals surface area contributed by atoms with E-state index in [-0.39, 0.29) is 23.3 Å². The van der Waals surface area contributed by atoms with Gasteiger partial charge in [0.05, 0.1) is 16.5 Å². The maximum absolute atomic E-state index is 13.5. The Balaban J connectivity index is 1.50. The molecule has 0 saturated carbocycles. The van der Waals surface area contributed by atoms with Gasteiger partial charge in [0, 0.05) is 25.7 Å². The number of carbonyl (C=O) groups is 2. The SMILES string of the molecule is CC[C@H]1Oc2cc(S(=O)(=O)N3CCC[C@H](C(=O)NCc4ccccc4)C3)c(C)cc2NC1=O. The average Bonchev–Trinajstić information content (AvgIpc) is 2.82. The summed E-state index contributed by atoms with van der Waals surface area (Å²) in [5.74, 6) is -0.437. The fraction of sp³-hybridized carbons (Fsp3) is 0.417. The number of hydrogen-bond donors (Lipinski definition) is 2. The number of nitrogens with one attached hydrogen (secondary N) is 2. The van der Waals surface area contributed by atoms with Crippen LogP contribution in [0.1, 0.15) is 37.3 Å². The Labute approximate surface area is 194 Å². The van der Waals surface area contributed by atoms with Crippen LogP contribution in [0.5, 0.6) is 5.75 Å². The van der Waals surface area contributed by atoms with Crippen LogP contribution in [-0.2, 0) is 26.2 Å². The molecule has 8 nitrogen and oxygen atoms in total. The van der Waals surface area contributed by atoms with Crippen molar-refractivity contribution >= 4 is 27.5 Å². The summed E-state index contributed by atoms with van der Waals surface area (Å²) in [5.41, 5.74) is 1.98. The number of nitrogens with zero attached hydrogens (tertiary/aromatic N) is 1. The van der Waals surface area contributed by atoms with Gasteiger partial charge in [-0.2, -0.15) is 4.31 Å². The third-order valence-corrected chi connectivity index (χ3v) is 8.16. The van der Waals surface area contributed by atoms with Crippen LogP contribution in [0.3, 0.4) is 0 Å². The first-order valence-electron chi connectivity index (χ1n) is 11.2. The number of rotatable bonds is 6. The van der Waals surface area contributed by atoms with Gasteiger partial charge in [-0.3, -0.25) is 9.59 Å². The van der Waals surface area contributed by atoms with Gasteiger partial charge in [0.1, 0.15) is 5.75 Å². The van der Waals surface area contributed by atoms with Crippen molar-refractivity contribution in [3.05, 3.63) is 53.6 Å². The van der Waals surface area contributed by atoms with E-state index in [0.717, 1.165) is 5.56 Å². The summed E-state index contributed by atoms with van der Waals surface area (Å²) in [6.07, 6.45) is 1.08. The Morgan fingerprint density at radius 1 is 1.24 bits per heavy atom. The van der Waals surface area contributed by atoms with Gasteiger partial charge in [-0.15, -0.1) is 0 Å². The van der Waals surface area contributed by atoms with Crippen LogP contribution >= 0.6 is 0 Å². The molecule has 0 bridgehead atoms. The molecule has 9 heteroatoms. The Kier molecular flexibility index (Phi) is 6.71. The van der Waals surface area contributed by atoms with Crippen LogP contribution in [0.2, 0.25) is 0 Å². The number of amides is 2. The number of fused-ring (bicyclic) bond motifs is 1. The monoisotopic (exact) mass is 471 g/mol. The first-order chi connectivity index (χ1) is 15.8. The number of sulfonamides is 1. The maximum atomic E-state index is 13.5. The first-order valence-corrected chi connectivity index (χ1v) is 12.7. The molecule has 33 heavy (non-hydrogen) atoms. The van der Waals surface area contributed by atoms with Crippen molar-refractivity contribution in [3.8, 4) is 5.75 Å². The van der Waals surface area contributed by atoms with E-state index < -0.39 is 22.0 Å². The second kappa shape index (κ2) is 9.52. The summed E-state index contributed by atoms with van der Waals surface area (Å²) >= 11 is 0. The van der Waals surface area contributed by atoms with Gasteiger partial charge in [0.25, 0.3) is 5.91 Å². The van der Waals surface area contributed by atoms with E-state index >= 15 is 0 Å². The molecule has 2 aromatic carbocycles. The van der Waals surface area contributed by atoms with Crippen molar-refractivity contribution in [2.45, 2.75) is 50.7 Å². The topological polar surface area (TPSA) is 105 Å². The Morgan fingerprint density at radius 3 is 2.73 bits per heavy atom. The molecular weight excluding hydrogens is 442 g/mol. The van der Waals surface area contributed by atoms with E-state index in [4.69, 9.17) is 4.74 Å². The van der Waals surface area contributed by atoms with Gasteiger partial charge in [-0.05, 0) is 43.4 Å². The minimum Gasteiger partial charge on any atom is -0.478 e. The second-order valence-electron chi connectivity index (χ2n) is 8.52. The van der Waals surface area contributed by atoms with Crippen molar-refractivity contribution in [3.63, 3.8) is 0 Å². The molecule has 0 aliphatic carbocycles. The van der Waals surface area contributed by atoms with Crippen LogP contribution in [0.15, 0.2) is 47.4 Å². The zero-order chi connectivity index (χ0) is 23.6. The van der Waals surface area contributed by atoms with Gasteiger partial charge >= 0.3 is 0 Å². The normalized spacial score (nSPS) is 21.0. The molecule has 1 saturated heterocycles. The molecule has 0 radical (unpaired) electrons. The highest BCUT2D eigenvalue weighted by Crippen LogP contribution is 2.36. The van der Waals surface area contributed by atoms with E-state index in [2.05, 4.69) is 10.6 Å². The lowest BCUT2D eigenvalue weighted by molar-refractivity contribution is -0.126. The van der Waals surface area contributed by atoms with Crippen LogP contribution < -0.4 is 15.4 Å². The average molecular weight is 472 g/mol. The van der Waals surface area contributed by atoms with Crippen LogP contribution in [0.25, 0.3) is 0 Å². The van der Waals surface area contributed by atoms with Gasteiger partial charge in [0.15, 0.2) is 6.10 Å². The van der Waals surface area contributed by atoms with Gasteiger partial charge in [-0.1, -0.05) is 37.3 Å². The number of aryl methyl sites for hydroxylation is 1. The number of ether oxygens (including phenoxy) is 1. The quantitative estimate of drug-likeness (QED) is 0.674. The van der Waals surface area contributed by atoms with E-state index in [1.165, 1.54) is 10.4 Å². The summed E-state index contributed by atoms with van der Waals surface area (Å²) < 4.78 is 34.1. The fourth-order valence-electron chi connectivity index (χ4n) is 4.27. The highest BCUT2D eigenvalue weighted by molar-refractivity contribution is 7.89. The molecule has 2 heterocycles. The highest BCUT2D eigenvalue weighted by Gasteiger charge is 2.35. The van der Waals surface area contributed by atoms with Crippen molar-refractivity contribution in [1.29, 1.82) is 0 Å². The summed E-state index contributed by atoms with van der Waals surface area (Å²) in [7, 11) is -3.84. The first kappa shape index (κ1) is 23.3. The number of anilines is 1. The summed E-state index contributed by atoms with van der Waals surface area (Å²) in [6.45, 7) is 4.43. The zero-order valence-corrected chi connectivity index (χ0v) is 19.7. The lowest BCUT2D eigenvalue weighted by Gasteiger charge is -2.32. The molecule has 0 spiro atoms. The Bertz CT molecular complexity index is 1150. The standard InChI is InChI=1S/C24H29N3O5S/c1-3-20-24(29)26-19-12-16(2)22(13-21(19)32-20)33(30,31)27-11-7-10-18(15-27)23(28)25-14-17-8-5-4-6-9-17/h4-6,8-9,12-13,18,20H,3,7,10-11,14-15H2,1-2H3,(H,25,28)(H,26,29)/t18-,20+/m0/s1. The zero-order valence-electron chi connectivity index (χ0n) is 18.8. The molecule has 2 aromatic rings. The number of benzene rings is 2. The maximum Gasteiger partial charge on any atom is 0.265 e. The number of carbonyl (C=O) groups excluding carboxylic acids is 2. The third kappa shape index (κ3) is 4.89. The number of hydrogen-bond acceptors (Lipinski definition) is 5. The molecule has 2 atom stereocenters. The van der Waals surface area contributed by atoms with Crippen molar-refractivity contribution in [2.75, 3.05) is 18.4 Å². The van der Waals surface area contributed by atoms with Crippen LogP contribution in [-0.4, -0.2) is 43.7 Å². The number of piperidine rings is 1. The summed E-state index contributed by atoms with van der Waals surface area (Å²) in [6, 6.07) is 12.7. The predicted molar refractivity (Wildman–Crippen MR) is 124 cm³/mol. The minimum absolute atomic E-state index is 0.134. The largest absolute Gasteiger partial charge is 0.478 e. The Hall–Kier alpha value is -2.91. The minimum atomic E-state index is -3.84. The molecular formula is C24H29N3O5S. The van der Waals surface area contributed by atoms with E-state index in [1.807, 2.05) is 37.3 Å². The van der Waals surface area contributed by atoms with Crippen molar-refractivity contribution < 1.29 is 22.7 Å². The molecule has 4 rings (SSSR count). The van der Waals surface area contributed by atoms with Crippen LogP contribution in [0, 0.1) is 12.8 Å². The molecule has 1 fully saturated rings. The van der Waals surface area contributed by atoms with Crippen molar-refractivity contribution in [2.24, 2.45) is 5.92 Å². The van der Waals surface area contributed by atoms with Gasteiger partial charge in [-0.25, -0.2) is 8.42 Å². The lowest BCUT2D eigenvalue weighted by Crippen LogP contribution is -2.45. The second-order valence-corrected chi connectivity index (χ2v) is 10.4. The fourth-order valence-corrected chi connectivity index (χ4v) is 6.02. The molecule has 0 aromatic heterocycles. The third-order valence-electron chi connectivity index (χ3n) is 6.15. The molecule has 2 amide bonds. The predicted octanol–water partition coefficient (Wildman–Crippen LogP) is 2.82. The smallest absolute Gasteiger partial charge is 0.265 e. The van der Waals surface area contributed by atoms with E-state index in [9.17, 15) is 18.0 Å². The summed E-state index contributed by atoms with van der Waals surface area (Å²) in [5, 5.41) is 5.71. The molecule has 0 unspecified atom stereocenters. The van der Waals surface area contributed by atoms with Gasteiger partial charge in [0.2, 0.25) is 15.9 Å². The van der Waals surface area contributed by atoms with Gasteiger partial charge < -0.3 is 15.4 Å². The molecule has 2 N–H and O–H groups in total. The lowest BCUT2D eigenvalue weighted by atomic mass is 9.99. The highest BCUT2D eigenvalue weighted by atomic mass is 32.2. The molecule has 2 aliphatic heterocycles. The Morgan fingerprint density at radius 2 is 2.00 bits per heavy atom. The van der Waals surface area contributed by atoms with E-state index in [0.29, 0.717) is 49.4 Å². The summed E-state index contributed by atoms with van der Waals surface area (Å²) in [4.78, 5) is 25.0. The van der Waals surface area contributed by atoms with E-state index in [1.54, 1.807) is 13.0 Å². The van der Waals surface area contributed by atoms with Crippen LogP contribution in [0.4, 0.5) is 5.69 Å².